The zero-order chi connectivity index (χ0) is 17.7. The monoisotopic (exact) mass is 382 g/mol. The Morgan fingerprint density at radius 1 is 1.20 bits per heavy atom. The number of halogens is 2. The molecule has 3 fully saturated rings. The molecule has 0 spiro atoms. The summed E-state index contributed by atoms with van der Waals surface area (Å²) < 4.78 is 0. The summed E-state index contributed by atoms with van der Waals surface area (Å²) in [5.41, 5.74) is 0.116. The first-order chi connectivity index (χ1) is 12.0. The fourth-order valence-electron chi connectivity index (χ4n) is 4.04. The average molecular weight is 383 g/mol. The summed E-state index contributed by atoms with van der Waals surface area (Å²) in [6, 6.07) is 2.83. The van der Waals surface area contributed by atoms with Gasteiger partial charge in [-0.15, -0.1) is 0 Å². The van der Waals surface area contributed by atoms with Crippen LogP contribution in [0.2, 0.25) is 10.0 Å². The molecule has 0 bridgehead atoms. The molecule has 2 aliphatic carbocycles. The number of hydrogen-bond donors (Lipinski definition) is 2. The van der Waals surface area contributed by atoms with Crippen LogP contribution in [0.4, 0.5) is 0 Å². The van der Waals surface area contributed by atoms with Gasteiger partial charge in [-0.1, -0.05) is 29.6 Å². The van der Waals surface area contributed by atoms with Crippen molar-refractivity contribution in [1.82, 2.24) is 10.2 Å². The Hall–Kier alpha value is -1.46. The van der Waals surface area contributed by atoms with Gasteiger partial charge in [-0.25, -0.2) is 0 Å². The van der Waals surface area contributed by atoms with Crippen molar-refractivity contribution in [2.24, 2.45) is 23.7 Å². The summed E-state index contributed by atoms with van der Waals surface area (Å²) in [6.07, 6.45) is 3.70. The lowest BCUT2D eigenvalue weighted by atomic mass is 9.85. The summed E-state index contributed by atoms with van der Waals surface area (Å²) in [6.45, 7) is 1.86. The first kappa shape index (κ1) is 17.0. The highest BCUT2D eigenvalue weighted by Crippen LogP contribution is 2.52. The van der Waals surface area contributed by atoms with E-state index in [1.54, 1.807) is 4.90 Å². The molecule has 1 aromatic carbocycles. The molecular formula is C18H20Cl2N2O3. The van der Waals surface area contributed by atoms with Crippen molar-refractivity contribution in [3.63, 3.8) is 0 Å². The number of aromatic hydroxyl groups is 1. The van der Waals surface area contributed by atoms with Crippen LogP contribution < -0.4 is 5.32 Å². The second kappa shape index (κ2) is 6.36. The number of benzene rings is 1. The third-order valence-corrected chi connectivity index (χ3v) is 6.34. The molecule has 2 N–H and O–H groups in total. The Bertz CT molecular complexity index is 723. The number of amides is 2. The van der Waals surface area contributed by atoms with Crippen LogP contribution in [0.5, 0.6) is 5.75 Å². The van der Waals surface area contributed by atoms with E-state index in [9.17, 15) is 14.7 Å². The molecule has 0 radical (unpaired) electrons. The molecule has 5 nitrogen and oxygen atoms in total. The zero-order valence-corrected chi connectivity index (χ0v) is 15.2. The standard InChI is InChI=1S/C18H20Cl2N2O3/c19-10-4-11(16(23)14(20)5-10)18(25)22-7-12-13(8-22)15(12)17(24)21-6-9-2-1-3-9/h4-5,9,12-13,15,23H,1-3,6-8H2,(H,21,24). The number of phenolic OH excluding ortho intramolecular Hbond substituents is 1. The molecule has 1 saturated heterocycles. The van der Waals surface area contributed by atoms with E-state index in [1.165, 1.54) is 31.4 Å². The highest BCUT2D eigenvalue weighted by molar-refractivity contribution is 6.36. The maximum atomic E-state index is 12.6. The average Bonchev–Trinajstić information content (AvgIpc) is 3.03. The smallest absolute Gasteiger partial charge is 0.257 e. The van der Waals surface area contributed by atoms with Crippen LogP contribution in [0.3, 0.4) is 0 Å². The molecule has 2 saturated carbocycles. The third-order valence-electron chi connectivity index (χ3n) is 5.83. The van der Waals surface area contributed by atoms with Crippen molar-refractivity contribution in [3.05, 3.63) is 27.7 Å². The summed E-state index contributed by atoms with van der Waals surface area (Å²) in [4.78, 5) is 26.6. The van der Waals surface area contributed by atoms with E-state index < -0.39 is 0 Å². The zero-order valence-electron chi connectivity index (χ0n) is 13.7. The van der Waals surface area contributed by atoms with E-state index in [1.807, 2.05) is 0 Å². The number of piperidine rings is 1. The number of nitrogens with one attached hydrogen (secondary N) is 1. The molecule has 7 heteroatoms. The molecule has 3 aliphatic rings. The second-order valence-electron chi connectivity index (χ2n) is 7.39. The van der Waals surface area contributed by atoms with Gasteiger partial charge in [0.2, 0.25) is 5.91 Å². The molecular weight excluding hydrogens is 363 g/mol. The fourth-order valence-corrected chi connectivity index (χ4v) is 4.53. The van der Waals surface area contributed by atoms with Crippen LogP contribution in [0.1, 0.15) is 29.6 Å². The first-order valence-corrected chi connectivity index (χ1v) is 9.46. The van der Waals surface area contributed by atoms with Gasteiger partial charge in [0.1, 0.15) is 5.75 Å². The molecule has 134 valence electrons. The van der Waals surface area contributed by atoms with Gasteiger partial charge in [-0.3, -0.25) is 9.59 Å². The molecule has 25 heavy (non-hydrogen) atoms. The van der Waals surface area contributed by atoms with Crippen molar-refractivity contribution in [2.75, 3.05) is 19.6 Å². The Morgan fingerprint density at radius 3 is 2.48 bits per heavy atom. The Balaban J connectivity index is 1.34. The predicted octanol–water partition coefficient (Wildman–Crippen LogP) is 2.93. The van der Waals surface area contributed by atoms with Crippen LogP contribution in [0.25, 0.3) is 0 Å². The minimum absolute atomic E-state index is 0.0284. The van der Waals surface area contributed by atoms with Crippen molar-refractivity contribution in [3.8, 4) is 5.75 Å². The number of phenols is 1. The van der Waals surface area contributed by atoms with Gasteiger partial charge in [0.15, 0.2) is 0 Å². The van der Waals surface area contributed by atoms with Gasteiger partial charge in [-0.05, 0) is 42.7 Å². The Kier molecular flexibility index (Phi) is 4.32. The molecule has 2 atom stereocenters. The quantitative estimate of drug-likeness (QED) is 0.840. The molecule has 1 aliphatic heterocycles. The lowest BCUT2D eigenvalue weighted by Crippen LogP contribution is -2.37. The summed E-state index contributed by atoms with van der Waals surface area (Å²) >= 11 is 11.8. The lowest BCUT2D eigenvalue weighted by molar-refractivity contribution is -0.123. The van der Waals surface area contributed by atoms with E-state index in [-0.39, 0.29) is 45.9 Å². The van der Waals surface area contributed by atoms with Crippen LogP contribution in [-0.4, -0.2) is 41.5 Å². The Morgan fingerprint density at radius 2 is 1.88 bits per heavy atom. The van der Waals surface area contributed by atoms with Crippen LogP contribution in [0.15, 0.2) is 12.1 Å². The van der Waals surface area contributed by atoms with Crippen LogP contribution in [0, 0.1) is 23.7 Å². The molecule has 0 aromatic heterocycles. The Labute approximate surface area is 156 Å². The van der Waals surface area contributed by atoms with Crippen molar-refractivity contribution in [2.45, 2.75) is 19.3 Å². The van der Waals surface area contributed by atoms with E-state index in [0.29, 0.717) is 24.0 Å². The number of hydrogen-bond acceptors (Lipinski definition) is 3. The number of carbonyl (C=O) groups is 2. The maximum absolute atomic E-state index is 12.6. The molecule has 4 rings (SSSR count). The minimum Gasteiger partial charge on any atom is -0.506 e. The van der Waals surface area contributed by atoms with Crippen LogP contribution >= 0.6 is 23.2 Å². The highest BCUT2D eigenvalue weighted by Gasteiger charge is 2.60. The third kappa shape index (κ3) is 3.08. The number of rotatable bonds is 4. The number of likely N-dealkylation sites (tertiary alicyclic amines) is 1. The first-order valence-electron chi connectivity index (χ1n) is 8.70. The summed E-state index contributed by atoms with van der Waals surface area (Å²) in [5, 5.41) is 13.4. The van der Waals surface area contributed by atoms with Gasteiger partial charge in [0.25, 0.3) is 5.91 Å². The van der Waals surface area contributed by atoms with Gasteiger partial charge in [-0.2, -0.15) is 0 Å². The van der Waals surface area contributed by atoms with E-state index in [4.69, 9.17) is 23.2 Å². The second-order valence-corrected chi connectivity index (χ2v) is 8.23. The SMILES string of the molecule is O=C(NCC1CCC1)C1C2CN(C(=O)c3cc(Cl)cc(Cl)c3O)CC21. The highest BCUT2D eigenvalue weighted by atomic mass is 35.5. The fraction of sp³-hybridized carbons (Fsp3) is 0.556. The largest absolute Gasteiger partial charge is 0.506 e. The number of fused-ring (bicyclic) bond motifs is 1. The molecule has 1 aromatic rings. The van der Waals surface area contributed by atoms with Crippen molar-refractivity contribution >= 4 is 35.0 Å². The number of nitrogens with zero attached hydrogens (tertiary/aromatic N) is 1. The molecule has 1 heterocycles. The van der Waals surface area contributed by atoms with Crippen molar-refractivity contribution in [1.29, 1.82) is 0 Å². The molecule has 2 amide bonds. The van der Waals surface area contributed by atoms with Gasteiger partial charge < -0.3 is 15.3 Å². The predicted molar refractivity (Wildman–Crippen MR) is 94.9 cm³/mol. The van der Waals surface area contributed by atoms with E-state index in [2.05, 4.69) is 5.32 Å². The molecule has 2 unspecified atom stereocenters. The van der Waals surface area contributed by atoms with Gasteiger partial charge in [0.05, 0.1) is 10.6 Å². The summed E-state index contributed by atoms with van der Waals surface area (Å²) in [7, 11) is 0. The minimum atomic E-state index is -0.289. The van der Waals surface area contributed by atoms with Crippen molar-refractivity contribution < 1.29 is 14.7 Å². The normalized spacial score (nSPS) is 27.6. The maximum Gasteiger partial charge on any atom is 0.257 e. The number of carbonyl (C=O) groups excluding carboxylic acids is 2. The van der Waals surface area contributed by atoms with E-state index >= 15 is 0 Å². The van der Waals surface area contributed by atoms with Gasteiger partial charge in [0, 0.05) is 30.6 Å². The van der Waals surface area contributed by atoms with Gasteiger partial charge >= 0.3 is 0 Å². The summed E-state index contributed by atoms with van der Waals surface area (Å²) in [5.74, 6) is 0.720. The van der Waals surface area contributed by atoms with Crippen LogP contribution in [-0.2, 0) is 4.79 Å². The topological polar surface area (TPSA) is 69.6 Å². The van der Waals surface area contributed by atoms with E-state index in [0.717, 1.165) is 6.54 Å². The lowest BCUT2D eigenvalue weighted by Gasteiger charge is -2.26.